The van der Waals surface area contributed by atoms with E-state index in [9.17, 15) is 4.79 Å². The molecule has 1 aliphatic rings. The van der Waals surface area contributed by atoms with Crippen LogP contribution < -0.4 is 0 Å². The van der Waals surface area contributed by atoms with Gasteiger partial charge in [0.2, 0.25) is 0 Å². The molecule has 0 N–H and O–H groups in total. The summed E-state index contributed by atoms with van der Waals surface area (Å²) < 4.78 is 5.00. The first-order chi connectivity index (χ1) is 9.70. The highest BCUT2D eigenvalue weighted by Crippen LogP contribution is 2.21. The summed E-state index contributed by atoms with van der Waals surface area (Å²) in [5, 5.41) is 0. The van der Waals surface area contributed by atoms with Crippen molar-refractivity contribution in [3.05, 3.63) is 35.4 Å². The number of methoxy groups -OCH3 is 1. The van der Waals surface area contributed by atoms with Gasteiger partial charge in [-0.3, -0.25) is 4.79 Å². The summed E-state index contributed by atoms with van der Waals surface area (Å²) in [6.07, 6.45) is 5.09. The van der Waals surface area contributed by atoms with Crippen molar-refractivity contribution < 1.29 is 9.53 Å². The normalized spacial score (nSPS) is 18.3. The molecule has 0 saturated carbocycles. The number of aryl methyl sites for hydroxylation is 1. The average Bonchev–Trinajstić information content (AvgIpc) is 2.74. The Balaban J connectivity index is 2.10. The van der Waals surface area contributed by atoms with Crippen LogP contribution in [0.1, 0.15) is 42.7 Å². The zero-order chi connectivity index (χ0) is 14.4. The number of carbonyl (C=O) groups is 1. The Labute approximate surface area is 121 Å². The summed E-state index contributed by atoms with van der Waals surface area (Å²) in [5.41, 5.74) is 2.28. The second kappa shape index (κ2) is 7.44. The molecule has 0 amide bonds. The highest BCUT2D eigenvalue weighted by molar-refractivity contribution is 5.78. The summed E-state index contributed by atoms with van der Waals surface area (Å²) in [4.78, 5) is 14.5. The second-order valence-corrected chi connectivity index (χ2v) is 5.70. The second-order valence-electron chi connectivity index (χ2n) is 5.70. The Bertz CT molecular complexity index is 419. The van der Waals surface area contributed by atoms with Crippen molar-refractivity contribution in [3.63, 3.8) is 0 Å². The van der Waals surface area contributed by atoms with Crippen molar-refractivity contribution in [2.24, 2.45) is 0 Å². The summed E-state index contributed by atoms with van der Waals surface area (Å²) in [7, 11) is 1.48. The lowest BCUT2D eigenvalue weighted by atomic mass is 9.97. The zero-order valence-corrected chi connectivity index (χ0v) is 12.6. The van der Waals surface area contributed by atoms with E-state index in [1.165, 1.54) is 38.4 Å². The number of ether oxygens (including phenoxy) is 1. The molecular formula is C17H25NO2. The molecule has 0 radical (unpaired) electrons. The molecule has 0 aromatic heterocycles. The van der Waals surface area contributed by atoms with Crippen molar-refractivity contribution in [1.29, 1.82) is 0 Å². The van der Waals surface area contributed by atoms with Crippen molar-refractivity contribution in [1.82, 2.24) is 4.90 Å². The Morgan fingerprint density at radius 2 is 1.75 bits per heavy atom. The van der Waals surface area contributed by atoms with Gasteiger partial charge in [-0.2, -0.15) is 0 Å². The van der Waals surface area contributed by atoms with E-state index in [1.807, 2.05) is 0 Å². The van der Waals surface area contributed by atoms with E-state index in [4.69, 9.17) is 4.74 Å². The van der Waals surface area contributed by atoms with Gasteiger partial charge in [-0.25, -0.2) is 0 Å². The van der Waals surface area contributed by atoms with Crippen LogP contribution in [0.3, 0.4) is 0 Å². The first kappa shape index (κ1) is 15.0. The molecule has 1 aromatic rings. The molecule has 1 saturated heterocycles. The minimum Gasteiger partial charge on any atom is -0.469 e. The molecule has 3 heteroatoms. The van der Waals surface area contributed by atoms with E-state index in [-0.39, 0.29) is 11.9 Å². The van der Waals surface area contributed by atoms with Crippen LogP contribution >= 0.6 is 0 Å². The van der Waals surface area contributed by atoms with Gasteiger partial charge in [0, 0.05) is 6.54 Å². The van der Waals surface area contributed by atoms with Gasteiger partial charge in [0.15, 0.2) is 0 Å². The van der Waals surface area contributed by atoms with Crippen LogP contribution in [0.15, 0.2) is 24.3 Å². The molecular weight excluding hydrogens is 250 g/mol. The number of rotatable bonds is 4. The third-order valence-electron chi connectivity index (χ3n) is 4.10. The molecule has 1 atom stereocenters. The standard InChI is InChI=1S/C17H25NO2/c1-14-7-9-15(10-8-14)16(17(19)20-2)13-18-11-5-3-4-6-12-18/h7-10,16H,3-6,11-13H2,1-2H3. The molecule has 3 nitrogen and oxygen atoms in total. The predicted octanol–water partition coefficient (Wildman–Crippen LogP) is 3.13. The number of benzene rings is 1. The van der Waals surface area contributed by atoms with Gasteiger partial charge < -0.3 is 9.64 Å². The quantitative estimate of drug-likeness (QED) is 0.791. The fraction of sp³-hybridized carbons (Fsp3) is 0.588. The van der Waals surface area contributed by atoms with Gasteiger partial charge in [0.1, 0.15) is 0 Å². The molecule has 20 heavy (non-hydrogen) atoms. The van der Waals surface area contributed by atoms with Crippen LogP contribution in [0.5, 0.6) is 0 Å². The van der Waals surface area contributed by atoms with Gasteiger partial charge in [0.25, 0.3) is 0 Å². The van der Waals surface area contributed by atoms with Gasteiger partial charge in [-0.1, -0.05) is 42.7 Å². The average molecular weight is 275 g/mol. The molecule has 110 valence electrons. The Morgan fingerprint density at radius 1 is 1.15 bits per heavy atom. The Hall–Kier alpha value is -1.35. The summed E-state index contributed by atoms with van der Waals surface area (Å²) in [5.74, 6) is -0.295. The number of carbonyl (C=O) groups excluding carboxylic acids is 1. The first-order valence-electron chi connectivity index (χ1n) is 7.57. The predicted molar refractivity (Wildman–Crippen MR) is 80.8 cm³/mol. The minimum atomic E-state index is -0.168. The highest BCUT2D eigenvalue weighted by Gasteiger charge is 2.24. The van der Waals surface area contributed by atoms with Gasteiger partial charge in [0.05, 0.1) is 13.0 Å². The van der Waals surface area contributed by atoms with Crippen LogP contribution in [-0.4, -0.2) is 37.6 Å². The lowest BCUT2D eigenvalue weighted by Gasteiger charge is -2.25. The summed E-state index contributed by atoms with van der Waals surface area (Å²) >= 11 is 0. The summed E-state index contributed by atoms with van der Waals surface area (Å²) in [6, 6.07) is 8.23. The molecule has 1 fully saturated rings. The van der Waals surface area contributed by atoms with Crippen LogP contribution in [0.4, 0.5) is 0 Å². The van der Waals surface area contributed by atoms with Crippen LogP contribution in [0, 0.1) is 6.92 Å². The van der Waals surface area contributed by atoms with E-state index in [2.05, 4.69) is 36.1 Å². The maximum Gasteiger partial charge on any atom is 0.314 e. The van der Waals surface area contributed by atoms with Crippen molar-refractivity contribution in [2.45, 2.75) is 38.5 Å². The van der Waals surface area contributed by atoms with E-state index in [0.717, 1.165) is 25.2 Å². The SMILES string of the molecule is COC(=O)C(CN1CCCCCC1)c1ccc(C)cc1. The first-order valence-corrected chi connectivity index (χ1v) is 7.57. The Morgan fingerprint density at radius 3 is 2.30 bits per heavy atom. The van der Waals surface area contributed by atoms with Gasteiger partial charge >= 0.3 is 5.97 Å². The van der Waals surface area contributed by atoms with Gasteiger partial charge in [-0.15, -0.1) is 0 Å². The van der Waals surface area contributed by atoms with Crippen LogP contribution in [0.2, 0.25) is 0 Å². The smallest absolute Gasteiger partial charge is 0.314 e. The minimum absolute atomic E-state index is 0.127. The number of esters is 1. The third kappa shape index (κ3) is 4.07. The molecule has 2 rings (SSSR count). The van der Waals surface area contributed by atoms with Gasteiger partial charge in [-0.05, 0) is 38.4 Å². The fourth-order valence-corrected chi connectivity index (χ4v) is 2.83. The molecule has 1 aliphatic heterocycles. The van der Waals surface area contributed by atoms with Crippen molar-refractivity contribution in [2.75, 3.05) is 26.7 Å². The monoisotopic (exact) mass is 275 g/mol. The lowest BCUT2D eigenvalue weighted by molar-refractivity contribution is -0.143. The Kier molecular flexibility index (Phi) is 5.60. The maximum absolute atomic E-state index is 12.1. The van der Waals surface area contributed by atoms with E-state index < -0.39 is 0 Å². The van der Waals surface area contributed by atoms with E-state index in [0.29, 0.717) is 0 Å². The number of hydrogen-bond acceptors (Lipinski definition) is 3. The summed E-state index contributed by atoms with van der Waals surface area (Å²) in [6.45, 7) is 5.03. The van der Waals surface area contributed by atoms with E-state index >= 15 is 0 Å². The molecule has 0 bridgehead atoms. The molecule has 1 aromatic carbocycles. The topological polar surface area (TPSA) is 29.5 Å². The molecule has 0 aliphatic carbocycles. The number of hydrogen-bond donors (Lipinski definition) is 0. The lowest BCUT2D eigenvalue weighted by Crippen LogP contribution is -2.33. The van der Waals surface area contributed by atoms with Crippen LogP contribution in [0.25, 0.3) is 0 Å². The highest BCUT2D eigenvalue weighted by atomic mass is 16.5. The fourth-order valence-electron chi connectivity index (χ4n) is 2.83. The number of nitrogens with zero attached hydrogens (tertiary/aromatic N) is 1. The van der Waals surface area contributed by atoms with Crippen molar-refractivity contribution in [3.8, 4) is 0 Å². The van der Waals surface area contributed by atoms with E-state index in [1.54, 1.807) is 0 Å². The molecule has 0 spiro atoms. The molecule has 1 heterocycles. The maximum atomic E-state index is 12.1. The third-order valence-corrected chi connectivity index (χ3v) is 4.10. The van der Waals surface area contributed by atoms with Crippen molar-refractivity contribution >= 4 is 5.97 Å². The largest absolute Gasteiger partial charge is 0.469 e. The van der Waals surface area contributed by atoms with Crippen LogP contribution in [-0.2, 0) is 9.53 Å². The number of likely N-dealkylation sites (tertiary alicyclic amines) is 1. The molecule has 1 unspecified atom stereocenters. The zero-order valence-electron chi connectivity index (χ0n) is 12.6.